The van der Waals surface area contributed by atoms with Gasteiger partial charge in [0.15, 0.2) is 6.17 Å². The summed E-state index contributed by atoms with van der Waals surface area (Å²) in [7, 11) is 0. The summed E-state index contributed by atoms with van der Waals surface area (Å²) in [6, 6.07) is 0. The Morgan fingerprint density at radius 1 is 1.20 bits per heavy atom. The molecule has 1 atom stereocenters. The highest BCUT2D eigenvalue weighted by Gasteiger charge is 2.48. The highest BCUT2D eigenvalue weighted by Crippen LogP contribution is 2.29. The van der Waals surface area contributed by atoms with Crippen LogP contribution < -0.4 is 0 Å². The van der Waals surface area contributed by atoms with Crippen molar-refractivity contribution in [3.8, 4) is 0 Å². The van der Waals surface area contributed by atoms with Crippen LogP contribution in [-0.2, 0) is 0 Å². The van der Waals surface area contributed by atoms with E-state index in [1.165, 1.54) is 0 Å². The molecule has 0 spiro atoms. The number of halogens is 6. The molecule has 0 N–H and O–H groups in total. The highest BCUT2D eigenvalue weighted by molar-refractivity contribution is 9.09. The maximum atomic E-state index is 11.9. The topological polar surface area (TPSA) is 0 Å². The van der Waals surface area contributed by atoms with E-state index in [2.05, 4.69) is 15.9 Å². The first kappa shape index (κ1) is 10.1. The van der Waals surface area contributed by atoms with Gasteiger partial charge in [0.25, 0.3) is 0 Å². The van der Waals surface area contributed by atoms with E-state index in [-0.39, 0.29) is 0 Å². The summed E-state index contributed by atoms with van der Waals surface area (Å²) in [5.74, 6) is -4.54. The normalized spacial score (nSPS) is 15.9. The molecule has 0 aliphatic carbocycles. The van der Waals surface area contributed by atoms with E-state index >= 15 is 0 Å². The Bertz CT molecular complexity index is 104. The molecule has 62 valence electrons. The molecule has 10 heavy (non-hydrogen) atoms. The molecule has 0 amide bonds. The van der Waals surface area contributed by atoms with Crippen LogP contribution in [0.1, 0.15) is 0 Å². The molecule has 1 unspecified atom stereocenters. The van der Waals surface area contributed by atoms with Crippen molar-refractivity contribution in [2.45, 2.75) is 18.5 Å². The molecule has 0 nitrogen and oxygen atoms in total. The molecular formula is C4H4BrF5. The third-order valence-electron chi connectivity index (χ3n) is 0.844. The Balaban J connectivity index is 4.09. The second-order valence-electron chi connectivity index (χ2n) is 1.60. The Kier molecular flexibility index (Phi) is 3.55. The average Bonchev–Trinajstić information content (AvgIpc) is 1.86. The predicted octanol–water partition coefficient (Wildman–Crippen LogP) is 2.62. The Morgan fingerprint density at radius 2 is 1.60 bits per heavy atom. The van der Waals surface area contributed by atoms with Gasteiger partial charge in [0.1, 0.15) is 0 Å². The van der Waals surface area contributed by atoms with Crippen LogP contribution in [0.4, 0.5) is 22.0 Å². The second kappa shape index (κ2) is 3.50. The zero-order valence-electron chi connectivity index (χ0n) is 4.63. The lowest BCUT2D eigenvalue weighted by atomic mass is 10.2. The van der Waals surface area contributed by atoms with Crippen LogP contribution in [0, 0.1) is 0 Å². The lowest BCUT2D eigenvalue weighted by Gasteiger charge is -2.17. The fourth-order valence-corrected chi connectivity index (χ4v) is 0.671. The van der Waals surface area contributed by atoms with Gasteiger partial charge in [-0.3, -0.25) is 0 Å². The number of alkyl halides is 6. The van der Waals surface area contributed by atoms with E-state index in [1.807, 2.05) is 0 Å². The lowest BCUT2D eigenvalue weighted by Crippen LogP contribution is -2.38. The number of hydrogen-bond acceptors (Lipinski definition) is 0. The summed E-state index contributed by atoms with van der Waals surface area (Å²) >= 11 is 2.33. The third-order valence-corrected chi connectivity index (χ3v) is 1.41. The lowest BCUT2D eigenvalue weighted by molar-refractivity contribution is -0.164. The first-order valence-electron chi connectivity index (χ1n) is 2.29. The zero-order chi connectivity index (χ0) is 8.36. The number of hydrogen-bond donors (Lipinski definition) is 0. The molecule has 0 saturated carbocycles. The van der Waals surface area contributed by atoms with Crippen molar-refractivity contribution in [1.29, 1.82) is 0 Å². The Labute approximate surface area is 62.5 Å². The van der Waals surface area contributed by atoms with Crippen LogP contribution >= 0.6 is 15.9 Å². The molecule has 0 radical (unpaired) electrons. The van der Waals surface area contributed by atoms with Crippen LogP contribution in [-0.4, -0.2) is 23.8 Å². The van der Waals surface area contributed by atoms with E-state index < -0.39 is 23.8 Å². The van der Waals surface area contributed by atoms with Crippen molar-refractivity contribution in [3.63, 3.8) is 0 Å². The van der Waals surface area contributed by atoms with E-state index in [0.29, 0.717) is 0 Å². The summed E-state index contributed by atoms with van der Waals surface area (Å²) in [5, 5.41) is -0.787. The van der Waals surface area contributed by atoms with Crippen molar-refractivity contribution in [2.24, 2.45) is 0 Å². The van der Waals surface area contributed by atoms with Crippen LogP contribution in [0.25, 0.3) is 0 Å². The largest absolute Gasteiger partial charge is 0.338 e. The van der Waals surface area contributed by atoms with Crippen LogP contribution in [0.15, 0.2) is 0 Å². The minimum absolute atomic E-state index is 0.787. The first-order valence-corrected chi connectivity index (χ1v) is 3.41. The summed E-state index contributed by atoms with van der Waals surface area (Å²) in [5.41, 5.74) is 0. The molecule has 0 bridgehead atoms. The molecule has 0 saturated heterocycles. The smallest absolute Gasteiger partial charge is 0.240 e. The summed E-state index contributed by atoms with van der Waals surface area (Å²) < 4.78 is 57.9. The highest BCUT2D eigenvalue weighted by atomic mass is 79.9. The van der Waals surface area contributed by atoms with Crippen LogP contribution in [0.3, 0.4) is 0 Å². The second-order valence-corrected chi connectivity index (χ2v) is 2.24. The number of rotatable bonds is 3. The average molecular weight is 227 g/mol. The van der Waals surface area contributed by atoms with Gasteiger partial charge < -0.3 is 0 Å². The van der Waals surface area contributed by atoms with Gasteiger partial charge in [-0.15, -0.1) is 0 Å². The molecule has 0 rings (SSSR count). The monoisotopic (exact) mass is 226 g/mol. The maximum Gasteiger partial charge on any atom is 0.338 e. The molecule has 0 aromatic rings. The van der Waals surface area contributed by atoms with Gasteiger partial charge in [-0.05, 0) is 0 Å². The van der Waals surface area contributed by atoms with Gasteiger partial charge in [0, 0.05) is 5.33 Å². The van der Waals surface area contributed by atoms with E-state index in [1.54, 1.807) is 0 Å². The third kappa shape index (κ3) is 2.07. The molecule has 0 aromatic heterocycles. The predicted molar refractivity (Wildman–Crippen MR) is 29.6 cm³/mol. The van der Waals surface area contributed by atoms with Gasteiger partial charge in [-0.1, -0.05) is 15.9 Å². The Morgan fingerprint density at radius 3 is 1.70 bits per heavy atom. The SMILES string of the molecule is FC(F)C(F)(F)C(F)CBr. The fourth-order valence-electron chi connectivity index (χ4n) is 0.240. The molecule has 0 heterocycles. The summed E-state index contributed by atoms with van der Waals surface area (Å²) in [6.07, 6.45) is -6.77. The van der Waals surface area contributed by atoms with Gasteiger partial charge >= 0.3 is 12.3 Å². The van der Waals surface area contributed by atoms with Crippen molar-refractivity contribution in [3.05, 3.63) is 0 Å². The van der Waals surface area contributed by atoms with Crippen LogP contribution in [0.5, 0.6) is 0 Å². The summed E-state index contributed by atoms with van der Waals surface area (Å²) in [6.45, 7) is 0. The van der Waals surface area contributed by atoms with Crippen molar-refractivity contribution in [1.82, 2.24) is 0 Å². The fraction of sp³-hybridized carbons (Fsp3) is 1.00. The van der Waals surface area contributed by atoms with E-state index in [0.717, 1.165) is 0 Å². The Hall–Kier alpha value is 0.130. The van der Waals surface area contributed by atoms with E-state index in [9.17, 15) is 22.0 Å². The van der Waals surface area contributed by atoms with Gasteiger partial charge in [-0.2, -0.15) is 8.78 Å². The standard InChI is InChI=1S/C4H4BrF5/c5-1-2(6)4(9,10)3(7)8/h2-3H,1H2. The van der Waals surface area contributed by atoms with Crippen molar-refractivity contribution >= 4 is 15.9 Å². The van der Waals surface area contributed by atoms with Gasteiger partial charge in [0.05, 0.1) is 0 Å². The molecule has 0 aliphatic heterocycles. The van der Waals surface area contributed by atoms with Crippen molar-refractivity contribution < 1.29 is 22.0 Å². The first-order chi connectivity index (χ1) is 4.42. The molecule has 6 heteroatoms. The quantitative estimate of drug-likeness (QED) is 0.513. The van der Waals surface area contributed by atoms with Gasteiger partial charge in [-0.25, -0.2) is 13.2 Å². The molecule has 0 aliphatic rings. The van der Waals surface area contributed by atoms with Gasteiger partial charge in [0.2, 0.25) is 0 Å². The maximum absolute atomic E-state index is 11.9. The van der Waals surface area contributed by atoms with Crippen molar-refractivity contribution in [2.75, 3.05) is 5.33 Å². The molecule has 0 aromatic carbocycles. The zero-order valence-corrected chi connectivity index (χ0v) is 6.22. The molecular weight excluding hydrogens is 223 g/mol. The van der Waals surface area contributed by atoms with Crippen LogP contribution in [0.2, 0.25) is 0 Å². The molecule has 0 fully saturated rings. The minimum atomic E-state index is -4.54. The summed E-state index contributed by atoms with van der Waals surface area (Å²) in [4.78, 5) is 0. The minimum Gasteiger partial charge on any atom is -0.240 e. The van der Waals surface area contributed by atoms with E-state index in [4.69, 9.17) is 0 Å².